The molecule has 0 amide bonds. The second-order valence-corrected chi connectivity index (χ2v) is 6.64. The first-order valence-corrected chi connectivity index (χ1v) is 7.77. The van der Waals surface area contributed by atoms with Crippen LogP contribution in [0.3, 0.4) is 0 Å². The molecule has 4 nitrogen and oxygen atoms in total. The lowest BCUT2D eigenvalue weighted by molar-refractivity contribution is 0.142. The Balaban J connectivity index is 0. The maximum Gasteiger partial charge on any atom is 0.364 e. The van der Waals surface area contributed by atoms with Gasteiger partial charge in [0.1, 0.15) is 0 Å². The van der Waals surface area contributed by atoms with Gasteiger partial charge in [-0.1, -0.05) is 6.92 Å². The minimum atomic E-state index is -2.25. The third-order valence-electron chi connectivity index (χ3n) is 2.21. The van der Waals surface area contributed by atoms with Gasteiger partial charge in [-0.2, -0.15) is 0 Å². The van der Waals surface area contributed by atoms with E-state index in [1.54, 1.807) is 14.2 Å². The fraction of sp³-hybridized carbons (Fsp3) is 1.00. The lowest BCUT2D eigenvalue weighted by atomic mass is 10.5. The Bertz CT molecular complexity index is 127. The predicted molar refractivity (Wildman–Crippen MR) is 64.1 cm³/mol. The van der Waals surface area contributed by atoms with Gasteiger partial charge in [0.05, 0.1) is 5.73 Å². The topological polar surface area (TPSA) is 47.9 Å². The molecule has 0 aromatic rings. The molecule has 0 rings (SSSR count). The third kappa shape index (κ3) is 7.93. The number of hydrogen-bond acceptors (Lipinski definition) is 4. The van der Waals surface area contributed by atoms with E-state index in [2.05, 4.69) is 0 Å². The van der Waals surface area contributed by atoms with Crippen LogP contribution < -0.4 is 0 Å². The number of aliphatic hydroxyl groups excluding tert-OH is 1. The zero-order valence-electron chi connectivity index (χ0n) is 10.9. The average molecular weight is 238 g/mol. The molecule has 0 heterocycles. The molecule has 0 aromatic heterocycles. The highest BCUT2D eigenvalue weighted by Crippen LogP contribution is 2.12. The van der Waals surface area contributed by atoms with E-state index in [4.69, 9.17) is 13.6 Å². The Kier molecular flexibility index (Phi) is 12.3. The second kappa shape index (κ2) is 10.6. The van der Waals surface area contributed by atoms with E-state index in [-0.39, 0.29) is 0 Å². The SMILES string of the molecule is CCC(O)[Si](C)(OC)OC.CCOCC. The first-order valence-electron chi connectivity index (χ1n) is 5.38. The van der Waals surface area contributed by atoms with Gasteiger partial charge in [-0.3, -0.25) is 0 Å². The molecule has 0 bridgehead atoms. The van der Waals surface area contributed by atoms with Crippen LogP contribution in [0.1, 0.15) is 27.2 Å². The van der Waals surface area contributed by atoms with Crippen LogP contribution in [0.4, 0.5) is 0 Å². The van der Waals surface area contributed by atoms with E-state index in [1.807, 2.05) is 27.3 Å². The van der Waals surface area contributed by atoms with Gasteiger partial charge in [0.2, 0.25) is 0 Å². The van der Waals surface area contributed by atoms with Gasteiger partial charge in [-0.25, -0.2) is 0 Å². The molecular weight excluding hydrogens is 212 g/mol. The summed E-state index contributed by atoms with van der Waals surface area (Å²) in [5.41, 5.74) is -0.428. The van der Waals surface area contributed by atoms with Crippen molar-refractivity contribution in [3.05, 3.63) is 0 Å². The van der Waals surface area contributed by atoms with E-state index in [0.29, 0.717) is 6.42 Å². The molecule has 0 saturated heterocycles. The fourth-order valence-electron chi connectivity index (χ4n) is 0.930. The van der Waals surface area contributed by atoms with Crippen LogP contribution in [0.5, 0.6) is 0 Å². The van der Waals surface area contributed by atoms with Gasteiger partial charge in [-0.15, -0.1) is 0 Å². The van der Waals surface area contributed by atoms with Gasteiger partial charge < -0.3 is 18.7 Å². The molecule has 1 unspecified atom stereocenters. The van der Waals surface area contributed by atoms with Crippen molar-refractivity contribution >= 4 is 8.56 Å². The van der Waals surface area contributed by atoms with Crippen LogP contribution in [-0.4, -0.2) is 46.8 Å². The summed E-state index contributed by atoms with van der Waals surface area (Å²) >= 11 is 0. The van der Waals surface area contributed by atoms with E-state index in [0.717, 1.165) is 13.2 Å². The molecule has 15 heavy (non-hydrogen) atoms. The molecule has 0 aliphatic heterocycles. The van der Waals surface area contributed by atoms with Crippen molar-refractivity contribution in [3.63, 3.8) is 0 Å². The largest absolute Gasteiger partial charge is 0.396 e. The molecule has 5 heteroatoms. The van der Waals surface area contributed by atoms with Gasteiger partial charge in [0.25, 0.3) is 0 Å². The van der Waals surface area contributed by atoms with Crippen molar-refractivity contribution in [1.82, 2.24) is 0 Å². The second-order valence-electron chi connectivity index (χ2n) is 3.13. The maximum absolute atomic E-state index is 9.39. The Labute approximate surface area is 94.8 Å². The van der Waals surface area contributed by atoms with E-state index in [9.17, 15) is 5.11 Å². The minimum Gasteiger partial charge on any atom is -0.396 e. The molecule has 1 N–H and O–H groups in total. The highest BCUT2D eigenvalue weighted by atomic mass is 28.4. The average Bonchev–Trinajstić information content (AvgIpc) is 2.28. The highest BCUT2D eigenvalue weighted by Gasteiger charge is 2.36. The van der Waals surface area contributed by atoms with Crippen LogP contribution in [0.2, 0.25) is 6.55 Å². The third-order valence-corrected chi connectivity index (χ3v) is 5.45. The quantitative estimate of drug-likeness (QED) is 0.716. The smallest absolute Gasteiger partial charge is 0.364 e. The summed E-state index contributed by atoms with van der Waals surface area (Å²) in [6.45, 7) is 9.43. The van der Waals surface area contributed by atoms with Gasteiger partial charge in [0.15, 0.2) is 0 Å². The molecule has 0 fully saturated rings. The Morgan fingerprint density at radius 3 is 1.53 bits per heavy atom. The van der Waals surface area contributed by atoms with E-state index < -0.39 is 14.3 Å². The zero-order valence-corrected chi connectivity index (χ0v) is 11.9. The summed E-state index contributed by atoms with van der Waals surface area (Å²) < 4.78 is 15.0. The highest BCUT2D eigenvalue weighted by molar-refractivity contribution is 6.67. The number of hydrogen-bond donors (Lipinski definition) is 1. The summed E-state index contributed by atoms with van der Waals surface area (Å²) in [5.74, 6) is 0. The first-order chi connectivity index (χ1) is 7.02. The van der Waals surface area contributed by atoms with E-state index in [1.165, 1.54) is 0 Å². The van der Waals surface area contributed by atoms with Crippen LogP contribution >= 0.6 is 0 Å². The van der Waals surface area contributed by atoms with Gasteiger partial charge in [-0.05, 0) is 26.8 Å². The van der Waals surface area contributed by atoms with Crippen molar-refractivity contribution in [1.29, 1.82) is 0 Å². The fourth-order valence-corrected chi connectivity index (χ4v) is 2.38. The van der Waals surface area contributed by atoms with Gasteiger partial charge in [0, 0.05) is 27.4 Å². The minimum absolute atomic E-state index is 0.428. The molecule has 0 aliphatic rings. The zero-order chi connectivity index (χ0) is 12.3. The van der Waals surface area contributed by atoms with Crippen LogP contribution in [0.15, 0.2) is 0 Å². The monoisotopic (exact) mass is 238 g/mol. The molecule has 0 spiro atoms. The standard InChI is InChI=1S/C6H16O3Si.C4H10O/c1-5-6(7)10(4,8-2)9-3;1-3-5-4-2/h6-7H,5H2,1-4H3;3-4H2,1-2H3. The Morgan fingerprint density at radius 2 is 1.47 bits per heavy atom. The van der Waals surface area contributed by atoms with Crippen LogP contribution in [0, 0.1) is 0 Å². The molecule has 0 saturated carbocycles. The lowest BCUT2D eigenvalue weighted by Crippen LogP contribution is -2.48. The normalized spacial score (nSPS) is 13.0. The predicted octanol–water partition coefficient (Wildman–Crippen LogP) is 1.70. The molecule has 0 radical (unpaired) electrons. The number of rotatable bonds is 6. The summed E-state index contributed by atoms with van der Waals surface area (Å²) in [4.78, 5) is 0. The van der Waals surface area contributed by atoms with Crippen molar-refractivity contribution in [2.24, 2.45) is 0 Å². The number of ether oxygens (including phenoxy) is 1. The summed E-state index contributed by atoms with van der Waals surface area (Å²) in [6, 6.07) is 0. The molecule has 94 valence electrons. The first kappa shape index (κ1) is 17.5. The molecular formula is C10H26O4Si. The van der Waals surface area contributed by atoms with Gasteiger partial charge >= 0.3 is 8.56 Å². The summed E-state index contributed by atoms with van der Waals surface area (Å²) in [6.07, 6.45) is 0.685. The van der Waals surface area contributed by atoms with Crippen molar-refractivity contribution in [2.45, 2.75) is 39.5 Å². The number of aliphatic hydroxyl groups is 1. The van der Waals surface area contributed by atoms with E-state index >= 15 is 0 Å². The van der Waals surface area contributed by atoms with Crippen molar-refractivity contribution in [3.8, 4) is 0 Å². The van der Waals surface area contributed by atoms with Crippen LogP contribution in [0.25, 0.3) is 0 Å². The lowest BCUT2D eigenvalue weighted by Gasteiger charge is -2.26. The summed E-state index contributed by atoms with van der Waals surface area (Å²) in [7, 11) is 0.911. The van der Waals surface area contributed by atoms with Crippen LogP contribution in [-0.2, 0) is 13.6 Å². The summed E-state index contributed by atoms with van der Waals surface area (Å²) in [5, 5.41) is 9.39. The van der Waals surface area contributed by atoms with Crippen molar-refractivity contribution < 1.29 is 18.7 Å². The Hall–Kier alpha value is 0.0569. The Morgan fingerprint density at radius 1 is 1.07 bits per heavy atom. The van der Waals surface area contributed by atoms with Crippen molar-refractivity contribution in [2.75, 3.05) is 27.4 Å². The molecule has 0 aromatic carbocycles. The molecule has 0 aliphatic carbocycles. The molecule has 1 atom stereocenters. The maximum atomic E-state index is 9.39.